The summed E-state index contributed by atoms with van der Waals surface area (Å²) in [5.41, 5.74) is 10.8. The third-order valence-electron chi connectivity index (χ3n) is 10.3. The van der Waals surface area contributed by atoms with E-state index in [0.717, 1.165) is 39.0 Å². The normalized spacial score (nSPS) is 15.3. The van der Waals surface area contributed by atoms with Crippen LogP contribution in [0.15, 0.2) is 134 Å². The third-order valence-corrected chi connectivity index (χ3v) is 10.3. The molecule has 5 aromatic carbocycles. The lowest BCUT2D eigenvalue weighted by Crippen LogP contribution is -2.38. The molecule has 0 saturated carbocycles. The Labute approximate surface area is 269 Å². The average Bonchev–Trinajstić information content (AvgIpc) is 3.08. The number of para-hydroxylation sites is 3. The van der Waals surface area contributed by atoms with Crippen LogP contribution in [0.2, 0.25) is 0 Å². The smallest absolute Gasteiger partial charge is 0.146 e. The van der Waals surface area contributed by atoms with Crippen molar-refractivity contribution in [3.05, 3.63) is 156 Å². The molecule has 2 aliphatic heterocycles. The third kappa shape index (κ3) is 3.67. The van der Waals surface area contributed by atoms with Gasteiger partial charge in [0.15, 0.2) is 0 Å². The molecule has 0 saturated heterocycles. The predicted molar refractivity (Wildman–Crippen MR) is 191 cm³/mol. The predicted octanol–water partition coefficient (Wildman–Crippen LogP) is 11.0. The van der Waals surface area contributed by atoms with Crippen LogP contribution in [-0.4, -0.2) is 9.97 Å². The lowest BCUT2D eigenvalue weighted by Gasteiger charge is -2.49. The quantitative estimate of drug-likeness (QED) is 0.204. The summed E-state index contributed by atoms with van der Waals surface area (Å²) in [6.07, 6.45) is 1.90. The van der Waals surface area contributed by atoms with Crippen molar-refractivity contribution in [2.75, 3.05) is 9.80 Å². The number of fused-ring (bicyclic) bond motifs is 6. The molecule has 2 aromatic heterocycles. The molecule has 0 fully saturated rings. The summed E-state index contributed by atoms with van der Waals surface area (Å²) in [5.74, 6) is 1.70. The topological polar surface area (TPSA) is 32.3 Å². The van der Waals surface area contributed by atoms with E-state index in [0.29, 0.717) is 0 Å². The monoisotopic (exact) mass is 594 g/mol. The summed E-state index contributed by atoms with van der Waals surface area (Å²) in [4.78, 5) is 14.9. The van der Waals surface area contributed by atoms with E-state index in [1.807, 2.05) is 12.3 Å². The van der Waals surface area contributed by atoms with E-state index in [9.17, 15) is 0 Å². The molecule has 0 radical (unpaired) electrons. The fraction of sp³-hybridized carbons (Fsp3) is 0.143. The molecule has 0 amide bonds. The molecule has 0 N–H and O–H groups in total. The van der Waals surface area contributed by atoms with Gasteiger partial charge in [0.2, 0.25) is 0 Å². The molecule has 7 aromatic rings. The van der Waals surface area contributed by atoms with Gasteiger partial charge in [-0.15, -0.1) is 0 Å². The molecule has 2 aliphatic rings. The fourth-order valence-corrected chi connectivity index (χ4v) is 7.83. The molecular formula is C42H34N4. The van der Waals surface area contributed by atoms with Crippen LogP contribution < -0.4 is 9.80 Å². The maximum absolute atomic E-state index is 5.19. The maximum atomic E-state index is 5.19. The first-order valence-corrected chi connectivity index (χ1v) is 16.0. The summed E-state index contributed by atoms with van der Waals surface area (Å²) in [5, 5.41) is 3.34. The number of anilines is 6. The number of benzene rings is 5. The van der Waals surface area contributed by atoms with Crippen molar-refractivity contribution < 1.29 is 0 Å². The van der Waals surface area contributed by atoms with Gasteiger partial charge >= 0.3 is 0 Å². The molecule has 0 atom stereocenters. The molecule has 0 unspecified atom stereocenters. The van der Waals surface area contributed by atoms with Gasteiger partial charge in [-0.1, -0.05) is 107 Å². The van der Waals surface area contributed by atoms with Gasteiger partial charge in [0.1, 0.15) is 11.6 Å². The van der Waals surface area contributed by atoms with Gasteiger partial charge in [0.25, 0.3) is 0 Å². The molecule has 0 aliphatic carbocycles. The van der Waals surface area contributed by atoms with E-state index < -0.39 is 0 Å². The van der Waals surface area contributed by atoms with E-state index in [-0.39, 0.29) is 10.8 Å². The van der Waals surface area contributed by atoms with Crippen LogP contribution in [0.5, 0.6) is 0 Å². The summed E-state index contributed by atoms with van der Waals surface area (Å²) >= 11 is 0. The number of aromatic nitrogens is 2. The molecule has 0 bridgehead atoms. The van der Waals surface area contributed by atoms with Crippen molar-refractivity contribution in [3.63, 3.8) is 0 Å². The van der Waals surface area contributed by atoms with Crippen LogP contribution in [-0.2, 0) is 10.8 Å². The van der Waals surface area contributed by atoms with Crippen molar-refractivity contribution >= 4 is 56.1 Å². The second kappa shape index (κ2) is 9.51. The Balaban J connectivity index is 1.31. The van der Waals surface area contributed by atoms with Crippen molar-refractivity contribution in [2.24, 2.45) is 0 Å². The highest BCUT2D eigenvalue weighted by atomic mass is 15.2. The van der Waals surface area contributed by atoms with Gasteiger partial charge in [-0.2, -0.15) is 0 Å². The second-order valence-corrected chi connectivity index (χ2v) is 13.6. The van der Waals surface area contributed by atoms with Gasteiger partial charge < -0.3 is 4.90 Å². The summed E-state index contributed by atoms with van der Waals surface area (Å²) < 4.78 is 0. The molecular weight excluding hydrogens is 560 g/mol. The van der Waals surface area contributed by atoms with Crippen molar-refractivity contribution in [1.29, 1.82) is 0 Å². The van der Waals surface area contributed by atoms with E-state index in [2.05, 4.69) is 159 Å². The Hall–Kier alpha value is -5.48. The van der Waals surface area contributed by atoms with E-state index >= 15 is 0 Å². The van der Waals surface area contributed by atoms with Crippen LogP contribution in [0.3, 0.4) is 0 Å². The minimum Gasteiger partial charge on any atom is -0.309 e. The highest BCUT2D eigenvalue weighted by Crippen LogP contribution is 2.60. The molecule has 4 nitrogen and oxygen atoms in total. The first-order chi connectivity index (χ1) is 22.3. The first kappa shape index (κ1) is 26.9. The minimum absolute atomic E-state index is 0.107. The zero-order chi connectivity index (χ0) is 31.2. The van der Waals surface area contributed by atoms with Crippen LogP contribution in [0.25, 0.3) is 21.7 Å². The molecule has 9 rings (SSSR count). The summed E-state index contributed by atoms with van der Waals surface area (Å²) in [7, 11) is 0. The Kier molecular flexibility index (Phi) is 5.56. The zero-order valence-corrected chi connectivity index (χ0v) is 26.5. The molecule has 4 heteroatoms. The lowest BCUT2D eigenvalue weighted by molar-refractivity contribution is 0.597. The molecule has 222 valence electrons. The number of nitrogens with zero attached hydrogens (tertiary/aromatic N) is 4. The van der Waals surface area contributed by atoms with Crippen LogP contribution in [0.1, 0.15) is 49.9 Å². The largest absolute Gasteiger partial charge is 0.309 e. The molecule has 46 heavy (non-hydrogen) atoms. The molecule has 0 spiro atoms. The standard InChI is InChI=1S/C42H34N4/c1-41(2)31-15-8-10-19-36(31)46-37-22-21-29(26-34(37)42(3,4)33-17-11-16-32(41)39(33)46)45(38-23-20-28-13-6-9-18-35(28)44-38)40-30-14-7-5-12-27(30)24-25-43-40/h5-26H,1-4H3. The zero-order valence-electron chi connectivity index (χ0n) is 26.5. The van der Waals surface area contributed by atoms with Gasteiger partial charge in [-0.05, 0) is 76.2 Å². The Morgan fingerprint density at radius 1 is 0.565 bits per heavy atom. The van der Waals surface area contributed by atoms with Crippen LogP contribution in [0.4, 0.5) is 34.4 Å². The average molecular weight is 595 g/mol. The Bertz CT molecular complexity index is 2350. The van der Waals surface area contributed by atoms with Gasteiger partial charge in [-0.3, -0.25) is 4.90 Å². The second-order valence-electron chi connectivity index (χ2n) is 13.6. The van der Waals surface area contributed by atoms with Crippen molar-refractivity contribution in [2.45, 2.75) is 38.5 Å². The minimum atomic E-state index is -0.246. The van der Waals surface area contributed by atoms with E-state index in [4.69, 9.17) is 9.97 Å². The molecule has 4 heterocycles. The summed E-state index contributed by atoms with van der Waals surface area (Å²) in [6.45, 7) is 9.45. The van der Waals surface area contributed by atoms with Crippen LogP contribution >= 0.6 is 0 Å². The van der Waals surface area contributed by atoms with Crippen molar-refractivity contribution in [3.8, 4) is 0 Å². The number of hydrogen-bond acceptors (Lipinski definition) is 4. The van der Waals surface area contributed by atoms with E-state index in [1.54, 1.807) is 0 Å². The number of hydrogen-bond donors (Lipinski definition) is 0. The number of pyridine rings is 2. The van der Waals surface area contributed by atoms with Gasteiger partial charge in [0, 0.05) is 33.5 Å². The van der Waals surface area contributed by atoms with Crippen molar-refractivity contribution in [1.82, 2.24) is 9.97 Å². The Morgan fingerprint density at radius 2 is 1.24 bits per heavy atom. The first-order valence-electron chi connectivity index (χ1n) is 16.0. The van der Waals surface area contributed by atoms with Crippen LogP contribution in [0, 0.1) is 0 Å². The lowest BCUT2D eigenvalue weighted by atomic mass is 9.66. The Morgan fingerprint density at radius 3 is 2.09 bits per heavy atom. The SMILES string of the molecule is CC1(C)c2ccccc2N2c3ccc(N(c4ccc5ccccc5n4)c4nccc5ccccc45)cc3C(C)(C)c3cccc1c32. The maximum Gasteiger partial charge on any atom is 0.146 e. The highest BCUT2D eigenvalue weighted by molar-refractivity contribution is 5.98. The van der Waals surface area contributed by atoms with Gasteiger partial charge in [-0.25, -0.2) is 9.97 Å². The number of rotatable bonds is 3. The highest BCUT2D eigenvalue weighted by Gasteiger charge is 2.45. The fourth-order valence-electron chi connectivity index (χ4n) is 7.83. The van der Waals surface area contributed by atoms with Gasteiger partial charge in [0.05, 0.1) is 22.6 Å². The summed E-state index contributed by atoms with van der Waals surface area (Å²) in [6, 6.07) is 45.8. The van der Waals surface area contributed by atoms with E-state index in [1.165, 1.54) is 39.3 Å².